The van der Waals surface area contributed by atoms with Gasteiger partial charge >= 0.3 is 5.76 Å². The number of likely N-dealkylation sites (tertiary alicyclic amines) is 1. The molecule has 3 aromatic rings. The molecule has 0 N–H and O–H groups in total. The molecule has 1 fully saturated rings. The van der Waals surface area contributed by atoms with E-state index in [0.717, 1.165) is 38.1 Å². The van der Waals surface area contributed by atoms with Crippen molar-refractivity contribution in [1.82, 2.24) is 24.2 Å². The minimum Gasteiger partial charge on any atom is -0.408 e. The summed E-state index contributed by atoms with van der Waals surface area (Å²) in [6.07, 6.45) is 5.27. The molecule has 1 amide bonds. The van der Waals surface area contributed by atoms with Crippen LogP contribution in [0.5, 0.6) is 0 Å². The van der Waals surface area contributed by atoms with Gasteiger partial charge < -0.3 is 13.9 Å². The van der Waals surface area contributed by atoms with Gasteiger partial charge in [0.2, 0.25) is 5.91 Å². The van der Waals surface area contributed by atoms with E-state index in [1.807, 2.05) is 22.6 Å². The summed E-state index contributed by atoms with van der Waals surface area (Å²) < 4.78 is 8.53. The number of hydrogen-bond donors (Lipinski definition) is 0. The van der Waals surface area contributed by atoms with E-state index in [-0.39, 0.29) is 18.5 Å². The lowest BCUT2D eigenvalue weighted by atomic mass is 10.1. The Balaban J connectivity index is 1.47. The highest BCUT2D eigenvalue weighted by atomic mass is 16.4. The topological polar surface area (TPSA) is 86.2 Å². The summed E-state index contributed by atoms with van der Waals surface area (Å²) in [7, 11) is 1.92. The van der Waals surface area contributed by atoms with Crippen LogP contribution in [-0.4, -0.2) is 42.7 Å². The highest BCUT2D eigenvalue weighted by molar-refractivity contribution is 5.80. The van der Waals surface area contributed by atoms with Crippen LogP contribution >= 0.6 is 0 Å². The van der Waals surface area contributed by atoms with Crippen LogP contribution in [0, 0.1) is 0 Å². The summed E-state index contributed by atoms with van der Waals surface area (Å²) in [6, 6.07) is 7.34. The van der Waals surface area contributed by atoms with Crippen molar-refractivity contribution in [2.45, 2.75) is 38.3 Å². The third-order valence-electron chi connectivity index (χ3n) is 5.07. The van der Waals surface area contributed by atoms with E-state index in [4.69, 9.17) is 4.42 Å². The molecule has 3 heterocycles. The molecule has 1 aromatic carbocycles. The average molecular weight is 355 g/mol. The van der Waals surface area contributed by atoms with Crippen molar-refractivity contribution >= 4 is 17.0 Å². The van der Waals surface area contributed by atoms with Gasteiger partial charge in [-0.15, -0.1) is 10.2 Å². The van der Waals surface area contributed by atoms with E-state index in [2.05, 4.69) is 10.2 Å². The van der Waals surface area contributed by atoms with Crippen LogP contribution in [0.2, 0.25) is 0 Å². The zero-order valence-electron chi connectivity index (χ0n) is 14.7. The van der Waals surface area contributed by atoms with Gasteiger partial charge in [0.05, 0.1) is 5.52 Å². The van der Waals surface area contributed by atoms with E-state index in [1.165, 1.54) is 4.57 Å². The Kier molecular flexibility index (Phi) is 4.32. The van der Waals surface area contributed by atoms with Gasteiger partial charge in [-0.25, -0.2) is 4.79 Å². The van der Waals surface area contributed by atoms with Gasteiger partial charge in [-0.2, -0.15) is 0 Å². The first-order chi connectivity index (χ1) is 12.6. The second-order valence-corrected chi connectivity index (χ2v) is 6.70. The van der Waals surface area contributed by atoms with E-state index in [0.29, 0.717) is 11.1 Å². The predicted molar refractivity (Wildman–Crippen MR) is 94.5 cm³/mol. The summed E-state index contributed by atoms with van der Waals surface area (Å²) >= 11 is 0. The van der Waals surface area contributed by atoms with Crippen LogP contribution < -0.4 is 5.76 Å². The number of aromatic nitrogens is 4. The number of carbonyl (C=O) groups is 1. The van der Waals surface area contributed by atoms with Crippen molar-refractivity contribution in [3.8, 4) is 0 Å². The van der Waals surface area contributed by atoms with Crippen LogP contribution in [0.1, 0.15) is 25.1 Å². The first kappa shape index (κ1) is 16.6. The fraction of sp³-hybridized carbons (Fsp3) is 0.444. The number of amides is 1. The molecule has 1 atom stereocenters. The molecule has 0 bridgehead atoms. The molecular weight excluding hydrogens is 334 g/mol. The molecule has 4 rings (SSSR count). The van der Waals surface area contributed by atoms with Gasteiger partial charge in [-0.05, 0) is 31.4 Å². The number of nitrogens with zero attached hydrogens (tertiary/aromatic N) is 5. The summed E-state index contributed by atoms with van der Waals surface area (Å²) in [4.78, 5) is 26.8. The molecule has 136 valence electrons. The fourth-order valence-corrected chi connectivity index (χ4v) is 3.68. The van der Waals surface area contributed by atoms with Crippen molar-refractivity contribution in [3.05, 3.63) is 47.0 Å². The van der Waals surface area contributed by atoms with Gasteiger partial charge in [-0.3, -0.25) is 9.36 Å². The number of benzene rings is 1. The number of oxazole rings is 1. The quantitative estimate of drug-likeness (QED) is 0.689. The zero-order valence-corrected chi connectivity index (χ0v) is 14.7. The SMILES string of the molecule is Cn1cnnc1CCC1CCCN1C(=O)Cn1c(=O)oc2ccccc21. The number of fused-ring (bicyclic) bond motifs is 1. The number of hydrogen-bond acceptors (Lipinski definition) is 5. The van der Waals surface area contributed by atoms with Crippen LogP contribution in [0.3, 0.4) is 0 Å². The minimum absolute atomic E-state index is 0.0102. The third kappa shape index (κ3) is 3.02. The Morgan fingerprint density at radius 1 is 1.35 bits per heavy atom. The summed E-state index contributed by atoms with van der Waals surface area (Å²) in [5.41, 5.74) is 1.16. The Labute approximate surface area is 150 Å². The smallest absolute Gasteiger partial charge is 0.408 e. The van der Waals surface area contributed by atoms with Gasteiger partial charge in [0.25, 0.3) is 0 Å². The van der Waals surface area contributed by atoms with Gasteiger partial charge in [0.1, 0.15) is 18.7 Å². The molecule has 2 aromatic heterocycles. The molecule has 0 radical (unpaired) electrons. The Bertz CT molecular complexity index is 986. The molecule has 1 aliphatic rings. The maximum absolute atomic E-state index is 12.8. The number of aryl methyl sites for hydroxylation is 2. The molecular formula is C18H21N5O3. The summed E-state index contributed by atoms with van der Waals surface area (Å²) in [5, 5.41) is 8.00. The molecule has 8 nitrogen and oxygen atoms in total. The Hall–Kier alpha value is -2.90. The molecule has 1 saturated heterocycles. The van der Waals surface area contributed by atoms with E-state index < -0.39 is 5.76 Å². The normalized spacial score (nSPS) is 17.3. The van der Waals surface area contributed by atoms with E-state index in [1.54, 1.807) is 24.5 Å². The van der Waals surface area contributed by atoms with Gasteiger partial charge in [-0.1, -0.05) is 12.1 Å². The first-order valence-corrected chi connectivity index (χ1v) is 8.84. The van der Waals surface area contributed by atoms with Gasteiger partial charge in [0.15, 0.2) is 5.58 Å². The molecule has 0 spiro atoms. The van der Waals surface area contributed by atoms with E-state index >= 15 is 0 Å². The van der Waals surface area contributed by atoms with Crippen molar-refractivity contribution in [3.63, 3.8) is 0 Å². The number of rotatable bonds is 5. The van der Waals surface area contributed by atoms with Crippen molar-refractivity contribution in [1.29, 1.82) is 0 Å². The zero-order chi connectivity index (χ0) is 18.1. The largest absolute Gasteiger partial charge is 0.420 e. The molecule has 0 aliphatic carbocycles. The van der Waals surface area contributed by atoms with Crippen molar-refractivity contribution < 1.29 is 9.21 Å². The highest BCUT2D eigenvalue weighted by Crippen LogP contribution is 2.22. The van der Waals surface area contributed by atoms with Crippen LogP contribution in [0.4, 0.5) is 0 Å². The molecule has 1 unspecified atom stereocenters. The molecule has 0 saturated carbocycles. The lowest BCUT2D eigenvalue weighted by molar-refractivity contribution is -0.132. The molecule has 8 heteroatoms. The summed E-state index contributed by atoms with van der Waals surface area (Å²) in [5.74, 6) is 0.384. The Morgan fingerprint density at radius 3 is 3.00 bits per heavy atom. The van der Waals surface area contributed by atoms with Crippen molar-refractivity contribution in [2.75, 3.05) is 6.54 Å². The molecule has 26 heavy (non-hydrogen) atoms. The number of carbonyl (C=O) groups excluding carboxylic acids is 1. The highest BCUT2D eigenvalue weighted by Gasteiger charge is 2.29. The lowest BCUT2D eigenvalue weighted by Gasteiger charge is -2.24. The third-order valence-corrected chi connectivity index (χ3v) is 5.07. The second kappa shape index (κ2) is 6.78. The first-order valence-electron chi connectivity index (χ1n) is 8.84. The van der Waals surface area contributed by atoms with Crippen LogP contribution in [-0.2, 0) is 24.8 Å². The number of para-hydroxylation sites is 2. The van der Waals surface area contributed by atoms with Crippen molar-refractivity contribution in [2.24, 2.45) is 7.05 Å². The minimum atomic E-state index is -0.491. The Morgan fingerprint density at radius 2 is 2.19 bits per heavy atom. The summed E-state index contributed by atoms with van der Waals surface area (Å²) in [6.45, 7) is 0.739. The average Bonchev–Trinajstić information content (AvgIpc) is 3.33. The van der Waals surface area contributed by atoms with Gasteiger partial charge in [0, 0.05) is 26.1 Å². The standard InChI is InChI=1S/C18H21N5O3/c1-21-12-19-20-16(21)9-8-13-5-4-10-22(13)17(24)11-23-14-6-2-3-7-15(14)26-18(23)25/h2-3,6-7,12-13H,4-5,8-11H2,1H3. The van der Waals surface area contributed by atoms with Crippen LogP contribution in [0.25, 0.3) is 11.1 Å². The van der Waals surface area contributed by atoms with Crippen LogP contribution in [0.15, 0.2) is 39.8 Å². The maximum Gasteiger partial charge on any atom is 0.420 e. The maximum atomic E-state index is 12.8. The predicted octanol–water partition coefficient (Wildman–Crippen LogP) is 1.35. The molecule has 1 aliphatic heterocycles. The monoisotopic (exact) mass is 355 g/mol. The van der Waals surface area contributed by atoms with E-state index in [9.17, 15) is 9.59 Å². The second-order valence-electron chi connectivity index (χ2n) is 6.70. The fourth-order valence-electron chi connectivity index (χ4n) is 3.68. The lowest BCUT2D eigenvalue weighted by Crippen LogP contribution is -2.39.